The zero-order valence-corrected chi connectivity index (χ0v) is 18.1. The fourth-order valence-electron chi connectivity index (χ4n) is 6.04. The van der Waals surface area contributed by atoms with Gasteiger partial charge in [0, 0.05) is 19.0 Å². The van der Waals surface area contributed by atoms with Crippen LogP contribution < -0.4 is 15.2 Å². The molecule has 4 heterocycles. The van der Waals surface area contributed by atoms with Crippen molar-refractivity contribution in [1.82, 2.24) is 4.40 Å². The second-order valence-electron chi connectivity index (χ2n) is 9.18. The van der Waals surface area contributed by atoms with Gasteiger partial charge in [0.15, 0.2) is 17.3 Å². The summed E-state index contributed by atoms with van der Waals surface area (Å²) < 4.78 is 22.6. The molecule has 0 amide bonds. The number of fused-ring (bicyclic) bond motifs is 3. The monoisotopic (exact) mass is 412 g/mol. The number of pyridine rings is 2. The molecule has 0 aromatic carbocycles. The molecule has 0 N–H and O–H groups in total. The highest BCUT2D eigenvalue weighted by atomic mass is 19.1. The lowest BCUT2D eigenvalue weighted by atomic mass is 9.95. The molecule has 5 nitrogen and oxygen atoms in total. The van der Waals surface area contributed by atoms with Crippen LogP contribution >= 0.6 is 0 Å². The largest absolute Gasteiger partial charge is 0.488 e. The lowest BCUT2D eigenvalue weighted by Gasteiger charge is -2.30. The van der Waals surface area contributed by atoms with Crippen LogP contribution in [0.5, 0.6) is 5.75 Å². The van der Waals surface area contributed by atoms with Crippen molar-refractivity contribution in [1.29, 1.82) is 0 Å². The maximum absolute atomic E-state index is 15.3. The first kappa shape index (κ1) is 19.6. The van der Waals surface area contributed by atoms with Crippen molar-refractivity contribution in [3.8, 4) is 5.75 Å². The Bertz CT molecular complexity index is 1110. The van der Waals surface area contributed by atoms with Crippen LogP contribution in [0.25, 0.3) is 5.52 Å². The summed E-state index contributed by atoms with van der Waals surface area (Å²) in [5.74, 6) is 2.80. The van der Waals surface area contributed by atoms with Crippen LogP contribution in [0.2, 0.25) is 0 Å². The van der Waals surface area contributed by atoms with Gasteiger partial charge in [-0.2, -0.15) is 0 Å². The Labute approximate surface area is 175 Å². The number of nitrogens with zero attached hydrogens (tertiary/aromatic N) is 2. The minimum Gasteiger partial charge on any atom is -0.488 e. The topological polar surface area (TPSA) is 51.0 Å². The Morgan fingerprint density at radius 2 is 1.93 bits per heavy atom. The van der Waals surface area contributed by atoms with Crippen LogP contribution in [0.3, 0.4) is 0 Å². The van der Waals surface area contributed by atoms with Crippen molar-refractivity contribution < 1.29 is 13.9 Å². The normalized spacial score (nSPS) is 30.3. The Morgan fingerprint density at radius 1 is 1.17 bits per heavy atom. The average molecular weight is 413 g/mol. The van der Waals surface area contributed by atoms with Gasteiger partial charge in [0.1, 0.15) is 5.69 Å². The molecule has 0 radical (unpaired) electrons. The van der Waals surface area contributed by atoms with Gasteiger partial charge in [-0.3, -0.25) is 14.0 Å². The van der Waals surface area contributed by atoms with Crippen LogP contribution in [0.4, 0.5) is 10.1 Å². The fraction of sp³-hybridized carbons (Fsp3) is 0.583. The van der Waals surface area contributed by atoms with Gasteiger partial charge in [0.05, 0.1) is 23.9 Å². The molecule has 0 spiro atoms. The zero-order chi connectivity index (χ0) is 21.3. The number of carbonyl (C=O) groups excluding carboxylic acids is 1. The van der Waals surface area contributed by atoms with Gasteiger partial charge in [0.25, 0.3) is 5.56 Å². The lowest BCUT2D eigenvalue weighted by Crippen LogP contribution is -2.30. The van der Waals surface area contributed by atoms with Crippen molar-refractivity contribution in [2.45, 2.75) is 46.5 Å². The number of ketones is 1. The highest BCUT2D eigenvalue weighted by Crippen LogP contribution is 2.61. The van der Waals surface area contributed by atoms with Crippen LogP contribution in [0, 0.1) is 29.5 Å². The summed E-state index contributed by atoms with van der Waals surface area (Å²) in [6, 6.07) is 1.69. The minimum absolute atomic E-state index is 0.0321. The molecule has 2 aliphatic heterocycles. The molecule has 160 valence electrons. The minimum atomic E-state index is -0.477. The predicted octanol–water partition coefficient (Wildman–Crippen LogP) is 4.26. The van der Waals surface area contributed by atoms with E-state index < -0.39 is 11.4 Å². The smallest absolute Gasteiger partial charge is 0.266 e. The first-order valence-corrected chi connectivity index (χ1v) is 11.2. The summed E-state index contributed by atoms with van der Waals surface area (Å²) >= 11 is 0. The van der Waals surface area contributed by atoms with Crippen molar-refractivity contribution >= 4 is 17.0 Å². The molecule has 5 atom stereocenters. The van der Waals surface area contributed by atoms with E-state index in [-0.39, 0.29) is 17.3 Å². The molecule has 0 bridgehead atoms. The number of rotatable bonds is 2. The second kappa shape index (κ2) is 6.82. The van der Waals surface area contributed by atoms with E-state index in [2.05, 4.69) is 4.90 Å². The molecule has 30 heavy (non-hydrogen) atoms. The standard InChI is InChI=1S/C22H23FN2O3.C2H6/c1-10-9-28-21-19-14(10)5-15(11(2)26)22(27)25(19)8-18(23)20(21)24-6-13-3-12-4-16(12)17(13)7-24;1-2/h5,8,10,12-13,16-17H,3-4,6-7,9H2,1-2H3;1-2H3/t10-,12?,13?,16?,17?;/m0./s1. The molecule has 6 rings (SSSR count). The Morgan fingerprint density at radius 3 is 2.63 bits per heavy atom. The van der Waals surface area contributed by atoms with E-state index in [4.69, 9.17) is 4.74 Å². The van der Waals surface area contributed by atoms with Gasteiger partial charge in [-0.25, -0.2) is 4.39 Å². The molecule has 2 aromatic heterocycles. The number of ether oxygens (including phenoxy) is 1. The van der Waals surface area contributed by atoms with E-state index in [1.165, 1.54) is 30.4 Å². The van der Waals surface area contributed by atoms with Crippen LogP contribution in [0.1, 0.15) is 62.4 Å². The van der Waals surface area contributed by atoms with E-state index >= 15 is 4.39 Å². The number of carbonyl (C=O) groups is 1. The number of aromatic nitrogens is 1. The fourth-order valence-corrected chi connectivity index (χ4v) is 6.04. The molecule has 2 aliphatic carbocycles. The Hall–Kier alpha value is -2.37. The summed E-state index contributed by atoms with van der Waals surface area (Å²) in [6.45, 7) is 9.53. The van der Waals surface area contributed by atoms with Crippen LogP contribution in [0.15, 0.2) is 17.1 Å². The third-order valence-electron chi connectivity index (χ3n) is 7.49. The van der Waals surface area contributed by atoms with Gasteiger partial charge in [-0.1, -0.05) is 20.8 Å². The zero-order valence-electron chi connectivity index (χ0n) is 18.1. The average Bonchev–Trinajstić information content (AvgIpc) is 3.22. The summed E-state index contributed by atoms with van der Waals surface area (Å²) in [6.07, 6.45) is 3.85. The summed E-state index contributed by atoms with van der Waals surface area (Å²) in [5.41, 5.74) is 1.62. The molecule has 2 saturated carbocycles. The SMILES string of the molecule is CC.CC(=O)c1cc2c3c(c(N4CC5CC6CC6C5C4)c(F)cn3c1=O)OC[C@@H]2C. The maximum atomic E-state index is 15.3. The Balaban J connectivity index is 0.000000937. The molecule has 2 aromatic rings. The Kier molecular flexibility index (Phi) is 4.46. The van der Waals surface area contributed by atoms with Crippen molar-refractivity contribution in [2.75, 3.05) is 24.6 Å². The molecule has 4 aliphatic rings. The van der Waals surface area contributed by atoms with E-state index in [1.807, 2.05) is 20.8 Å². The molecule has 6 heteroatoms. The van der Waals surface area contributed by atoms with E-state index in [9.17, 15) is 9.59 Å². The van der Waals surface area contributed by atoms with Gasteiger partial charge in [0.2, 0.25) is 0 Å². The summed E-state index contributed by atoms with van der Waals surface area (Å²) in [7, 11) is 0. The summed E-state index contributed by atoms with van der Waals surface area (Å²) in [4.78, 5) is 26.9. The highest BCUT2D eigenvalue weighted by Gasteiger charge is 2.56. The van der Waals surface area contributed by atoms with E-state index in [0.29, 0.717) is 35.4 Å². The third-order valence-corrected chi connectivity index (χ3v) is 7.49. The maximum Gasteiger partial charge on any atom is 0.266 e. The molecule has 4 unspecified atom stereocenters. The second-order valence-corrected chi connectivity index (χ2v) is 9.18. The van der Waals surface area contributed by atoms with Gasteiger partial charge >= 0.3 is 0 Å². The number of anilines is 1. The van der Waals surface area contributed by atoms with Gasteiger partial charge in [-0.05, 0) is 55.1 Å². The van der Waals surface area contributed by atoms with Crippen molar-refractivity contribution in [3.63, 3.8) is 0 Å². The van der Waals surface area contributed by atoms with E-state index in [1.54, 1.807) is 6.07 Å². The molecule has 1 saturated heterocycles. The van der Waals surface area contributed by atoms with Crippen LogP contribution in [-0.2, 0) is 0 Å². The quantitative estimate of drug-likeness (QED) is 0.692. The van der Waals surface area contributed by atoms with E-state index in [0.717, 1.165) is 30.5 Å². The number of hydrogen-bond donors (Lipinski definition) is 0. The highest BCUT2D eigenvalue weighted by molar-refractivity contribution is 5.95. The van der Waals surface area contributed by atoms with Crippen molar-refractivity contribution in [2.24, 2.45) is 23.7 Å². The molecular weight excluding hydrogens is 383 g/mol. The van der Waals surface area contributed by atoms with Gasteiger partial charge < -0.3 is 9.64 Å². The molecule has 3 fully saturated rings. The predicted molar refractivity (Wildman–Crippen MR) is 114 cm³/mol. The first-order chi connectivity index (χ1) is 14.4. The van der Waals surface area contributed by atoms with Gasteiger partial charge in [-0.15, -0.1) is 0 Å². The third kappa shape index (κ3) is 2.65. The number of Topliss-reactive ketones (excluding diaryl/α,β-unsaturated/α-hetero) is 1. The summed E-state index contributed by atoms with van der Waals surface area (Å²) in [5, 5.41) is 0. The molecular formula is C24H29FN2O3. The van der Waals surface area contributed by atoms with Crippen molar-refractivity contribution in [3.05, 3.63) is 39.6 Å². The number of hydrogen-bond acceptors (Lipinski definition) is 4. The van der Waals surface area contributed by atoms with Crippen LogP contribution in [-0.4, -0.2) is 29.9 Å². The lowest BCUT2D eigenvalue weighted by molar-refractivity contribution is 0.101. The number of halogens is 1. The first-order valence-electron chi connectivity index (χ1n) is 11.2.